The molecule has 4 nitrogen and oxygen atoms in total. The molecule has 144 valence electrons. The maximum absolute atomic E-state index is 11.5. The van der Waals surface area contributed by atoms with E-state index in [-0.39, 0.29) is 54.3 Å². The van der Waals surface area contributed by atoms with Crippen LogP contribution in [0.2, 0.25) is 0 Å². The van der Waals surface area contributed by atoms with E-state index in [4.69, 9.17) is 9.47 Å². The molecule has 0 heterocycles. The van der Waals surface area contributed by atoms with E-state index in [1.54, 1.807) is 0 Å². The number of hydrogen-bond acceptors (Lipinski definition) is 4. The van der Waals surface area contributed by atoms with Crippen molar-refractivity contribution in [3.8, 4) is 0 Å². The summed E-state index contributed by atoms with van der Waals surface area (Å²) in [5, 5.41) is 0. The molecule has 0 aliphatic heterocycles. The number of hydrogen-bond donors (Lipinski definition) is 0. The average Bonchev–Trinajstić information content (AvgIpc) is 2.58. The number of carbonyl (C=O) groups excluding carboxylic acids is 2. The Hall–Kier alpha value is -0.0600. The first-order chi connectivity index (χ1) is 11.7. The van der Waals surface area contributed by atoms with Crippen LogP contribution < -0.4 is 0 Å². The Morgan fingerprint density at radius 3 is 1.24 bits per heavy atom. The minimum atomic E-state index is -0.292. The van der Waals surface area contributed by atoms with Crippen molar-refractivity contribution >= 4 is 41.5 Å². The predicted octanol–water partition coefficient (Wildman–Crippen LogP) is 4.93. The van der Waals surface area contributed by atoms with Crippen molar-refractivity contribution in [3.05, 3.63) is 0 Å². The first-order valence-electron chi connectivity index (χ1n) is 10.0. The second-order valence-electron chi connectivity index (χ2n) is 6.48. The number of rotatable bonds is 17. The van der Waals surface area contributed by atoms with Gasteiger partial charge >= 0.3 is 41.5 Å². The topological polar surface area (TPSA) is 52.6 Å². The Labute approximate surface area is 177 Å². The molecule has 0 saturated heterocycles. The molecule has 0 unspecified atom stereocenters. The molecule has 0 bridgehead atoms. The number of esters is 2. The van der Waals surface area contributed by atoms with Crippen LogP contribution in [0.4, 0.5) is 0 Å². The summed E-state index contributed by atoms with van der Waals surface area (Å²) >= 11 is 0. The van der Waals surface area contributed by atoms with Gasteiger partial charge in [-0.25, -0.2) is 0 Å². The molecular formula is C20H39NaO4. The zero-order valence-electron chi connectivity index (χ0n) is 15.9. The van der Waals surface area contributed by atoms with Crippen LogP contribution in [-0.2, 0) is 19.1 Å². The third kappa shape index (κ3) is 21.9. The summed E-state index contributed by atoms with van der Waals surface area (Å²) in [6, 6.07) is 0. The summed E-state index contributed by atoms with van der Waals surface area (Å²) in [5.41, 5.74) is 0. The minimum absolute atomic E-state index is 0. The van der Waals surface area contributed by atoms with Gasteiger partial charge in [0.2, 0.25) is 0 Å². The van der Waals surface area contributed by atoms with Crippen LogP contribution in [0.3, 0.4) is 0 Å². The molecule has 0 aromatic rings. The van der Waals surface area contributed by atoms with Crippen LogP contribution in [0.15, 0.2) is 0 Å². The number of ether oxygens (including phenoxy) is 2. The first-order valence-corrected chi connectivity index (χ1v) is 10.0. The first kappa shape index (κ1) is 27.2. The summed E-state index contributed by atoms with van der Waals surface area (Å²) in [6.45, 7) is 5.33. The summed E-state index contributed by atoms with van der Waals surface area (Å²) < 4.78 is 10.3. The van der Waals surface area contributed by atoms with Gasteiger partial charge in [0.25, 0.3) is 0 Å². The van der Waals surface area contributed by atoms with Gasteiger partial charge in [-0.2, -0.15) is 0 Å². The van der Waals surface area contributed by atoms with Crippen molar-refractivity contribution in [1.29, 1.82) is 0 Å². The van der Waals surface area contributed by atoms with E-state index in [0.29, 0.717) is 13.2 Å². The van der Waals surface area contributed by atoms with Crippen molar-refractivity contribution in [1.82, 2.24) is 0 Å². The Morgan fingerprint density at radius 1 is 0.560 bits per heavy atom. The van der Waals surface area contributed by atoms with Crippen LogP contribution in [0.1, 0.15) is 104 Å². The van der Waals surface area contributed by atoms with Gasteiger partial charge in [0.1, 0.15) is 0 Å². The Balaban J connectivity index is 0. The van der Waals surface area contributed by atoms with Crippen molar-refractivity contribution in [3.63, 3.8) is 0 Å². The molecule has 0 aromatic carbocycles. The SMILES string of the molecule is CCCCCCCCOC(=O)CCC(=O)OCCCCCCCC.[NaH]. The van der Waals surface area contributed by atoms with Gasteiger partial charge in [0, 0.05) is 0 Å². The Morgan fingerprint density at radius 2 is 0.880 bits per heavy atom. The van der Waals surface area contributed by atoms with Gasteiger partial charge in [-0.1, -0.05) is 78.1 Å². The molecule has 0 amide bonds. The van der Waals surface area contributed by atoms with Crippen molar-refractivity contribution in [2.75, 3.05) is 13.2 Å². The molecule has 0 aromatic heterocycles. The monoisotopic (exact) mass is 366 g/mol. The zero-order chi connectivity index (χ0) is 17.9. The third-order valence-corrected chi connectivity index (χ3v) is 4.06. The van der Waals surface area contributed by atoms with E-state index in [0.717, 1.165) is 25.7 Å². The van der Waals surface area contributed by atoms with E-state index in [1.807, 2.05) is 0 Å². The third-order valence-electron chi connectivity index (χ3n) is 4.06. The number of unbranched alkanes of at least 4 members (excludes halogenated alkanes) is 10. The van der Waals surface area contributed by atoms with Crippen LogP contribution in [0.5, 0.6) is 0 Å². The van der Waals surface area contributed by atoms with Gasteiger partial charge in [-0.15, -0.1) is 0 Å². The van der Waals surface area contributed by atoms with Crippen LogP contribution in [0.25, 0.3) is 0 Å². The molecule has 0 aliphatic rings. The second kappa shape index (κ2) is 22.0. The van der Waals surface area contributed by atoms with Gasteiger partial charge in [0.15, 0.2) is 0 Å². The van der Waals surface area contributed by atoms with Crippen molar-refractivity contribution < 1.29 is 19.1 Å². The average molecular weight is 367 g/mol. The van der Waals surface area contributed by atoms with Crippen LogP contribution >= 0.6 is 0 Å². The van der Waals surface area contributed by atoms with Gasteiger partial charge in [-0.3, -0.25) is 9.59 Å². The van der Waals surface area contributed by atoms with E-state index in [1.165, 1.54) is 51.4 Å². The number of carbonyl (C=O) groups is 2. The molecule has 0 aliphatic carbocycles. The van der Waals surface area contributed by atoms with Gasteiger partial charge in [-0.05, 0) is 12.8 Å². The maximum atomic E-state index is 11.5. The molecule has 0 saturated carbocycles. The van der Waals surface area contributed by atoms with E-state index >= 15 is 0 Å². The predicted molar refractivity (Wildman–Crippen MR) is 105 cm³/mol. The second-order valence-corrected chi connectivity index (χ2v) is 6.48. The van der Waals surface area contributed by atoms with Crippen molar-refractivity contribution in [2.45, 2.75) is 104 Å². The van der Waals surface area contributed by atoms with Gasteiger partial charge < -0.3 is 9.47 Å². The molecule has 0 spiro atoms. The molecule has 25 heavy (non-hydrogen) atoms. The molecule has 0 rings (SSSR count). The molecule has 0 N–H and O–H groups in total. The molecule has 0 radical (unpaired) electrons. The summed E-state index contributed by atoms with van der Waals surface area (Å²) in [4.78, 5) is 23.1. The zero-order valence-corrected chi connectivity index (χ0v) is 15.9. The quantitative estimate of drug-likeness (QED) is 0.208. The fraction of sp³-hybridized carbons (Fsp3) is 0.900. The van der Waals surface area contributed by atoms with E-state index in [9.17, 15) is 9.59 Å². The van der Waals surface area contributed by atoms with Gasteiger partial charge in [0.05, 0.1) is 26.1 Å². The van der Waals surface area contributed by atoms with E-state index in [2.05, 4.69) is 13.8 Å². The normalized spacial score (nSPS) is 10.2. The van der Waals surface area contributed by atoms with Crippen LogP contribution in [0, 0.1) is 0 Å². The summed E-state index contributed by atoms with van der Waals surface area (Å²) in [6.07, 6.45) is 14.3. The standard InChI is InChI=1S/C20H38O4.Na.H/c1-3-5-7-9-11-13-17-23-19(21)15-16-20(22)24-18-14-12-10-8-6-4-2;;/h3-18H2,1-2H3;;. The fourth-order valence-corrected chi connectivity index (χ4v) is 2.49. The molecule has 5 heteroatoms. The summed E-state index contributed by atoms with van der Waals surface area (Å²) in [5.74, 6) is -0.583. The van der Waals surface area contributed by atoms with Crippen molar-refractivity contribution in [2.24, 2.45) is 0 Å². The van der Waals surface area contributed by atoms with E-state index < -0.39 is 0 Å². The van der Waals surface area contributed by atoms with Crippen LogP contribution in [-0.4, -0.2) is 54.7 Å². The fourth-order valence-electron chi connectivity index (χ4n) is 2.49. The molecule has 0 fully saturated rings. The molecular weight excluding hydrogens is 327 g/mol. The summed E-state index contributed by atoms with van der Waals surface area (Å²) in [7, 11) is 0. The Kier molecular flexibility index (Phi) is 23.9. The Bertz CT molecular complexity index is 278. The molecule has 0 atom stereocenters.